The number of anilines is 1. The highest BCUT2D eigenvalue weighted by molar-refractivity contribution is 7.98. The number of aliphatic hydroxyl groups is 1. The molecule has 33 heavy (non-hydrogen) atoms. The number of aromatic nitrogens is 2. The number of nitrogens with zero attached hydrogens (tertiary/aromatic N) is 3. The van der Waals surface area contributed by atoms with Crippen LogP contribution in [0, 0.1) is 20.8 Å². The Labute approximate surface area is 203 Å². The molecule has 0 aliphatic carbocycles. The zero-order valence-corrected chi connectivity index (χ0v) is 21.1. The number of amides is 1. The number of aliphatic hydroxyl groups excluding tert-OH is 1. The van der Waals surface area contributed by atoms with Crippen molar-refractivity contribution in [1.82, 2.24) is 9.97 Å². The fourth-order valence-corrected chi connectivity index (χ4v) is 6.08. The molecule has 0 radical (unpaired) electrons. The van der Waals surface area contributed by atoms with Crippen molar-refractivity contribution in [1.29, 1.82) is 0 Å². The van der Waals surface area contributed by atoms with E-state index in [4.69, 9.17) is 0 Å². The first-order chi connectivity index (χ1) is 15.6. The number of thioether (sulfide) groups is 1. The van der Waals surface area contributed by atoms with Gasteiger partial charge in [-0.3, -0.25) is 19.3 Å². The number of rotatable bonds is 6. The van der Waals surface area contributed by atoms with Crippen molar-refractivity contribution in [2.75, 3.05) is 11.2 Å². The molecule has 3 heterocycles. The van der Waals surface area contributed by atoms with Gasteiger partial charge in [0.1, 0.15) is 0 Å². The van der Waals surface area contributed by atoms with Gasteiger partial charge in [0.2, 0.25) is 5.78 Å². The van der Waals surface area contributed by atoms with Crippen molar-refractivity contribution < 1.29 is 19.5 Å². The minimum Gasteiger partial charge on any atom is -0.503 e. The number of hydrogen-bond acceptors (Lipinski definition) is 9. The molecule has 1 aromatic carbocycles. The van der Waals surface area contributed by atoms with Crippen LogP contribution < -0.4 is 4.90 Å². The Morgan fingerprint density at radius 2 is 1.67 bits per heavy atom. The van der Waals surface area contributed by atoms with E-state index in [0.717, 1.165) is 21.2 Å². The Kier molecular flexibility index (Phi) is 6.26. The van der Waals surface area contributed by atoms with E-state index in [9.17, 15) is 19.5 Å². The highest BCUT2D eigenvalue weighted by Crippen LogP contribution is 2.44. The van der Waals surface area contributed by atoms with Crippen LogP contribution in [-0.2, 0) is 4.79 Å². The van der Waals surface area contributed by atoms with Gasteiger partial charge in [0, 0.05) is 11.8 Å². The van der Waals surface area contributed by atoms with E-state index in [1.807, 2.05) is 30.5 Å². The van der Waals surface area contributed by atoms with Crippen LogP contribution in [0.1, 0.15) is 54.3 Å². The maximum Gasteiger partial charge on any atom is 0.296 e. The summed E-state index contributed by atoms with van der Waals surface area (Å²) in [5, 5.41) is 11.9. The number of carbonyl (C=O) groups is 3. The quantitative estimate of drug-likeness (QED) is 0.366. The molecule has 2 aromatic heterocycles. The van der Waals surface area contributed by atoms with E-state index in [1.54, 1.807) is 32.5 Å². The van der Waals surface area contributed by atoms with Gasteiger partial charge in [-0.15, -0.1) is 23.1 Å². The van der Waals surface area contributed by atoms with Gasteiger partial charge in [0.25, 0.3) is 5.91 Å². The van der Waals surface area contributed by atoms with Crippen molar-refractivity contribution in [2.45, 2.75) is 38.6 Å². The average Bonchev–Trinajstić information content (AvgIpc) is 3.41. The Morgan fingerprint density at radius 1 is 1.03 bits per heavy atom. The minimum atomic E-state index is -0.881. The van der Waals surface area contributed by atoms with Gasteiger partial charge in [-0.1, -0.05) is 23.5 Å². The zero-order chi connectivity index (χ0) is 24.0. The molecule has 0 spiro atoms. The van der Waals surface area contributed by atoms with Crippen LogP contribution >= 0.6 is 34.4 Å². The topological polar surface area (TPSA) is 100 Å². The molecule has 1 N–H and O–H groups in total. The Hall–Kier alpha value is -2.82. The lowest BCUT2D eigenvalue weighted by Crippen LogP contribution is -2.31. The average molecular weight is 500 g/mol. The van der Waals surface area contributed by atoms with Crippen LogP contribution in [0.15, 0.2) is 40.5 Å². The number of carbonyl (C=O) groups excluding carboxylic acids is 3. The first kappa shape index (κ1) is 23.3. The van der Waals surface area contributed by atoms with E-state index in [1.165, 1.54) is 23.2 Å². The summed E-state index contributed by atoms with van der Waals surface area (Å²) in [5.41, 5.74) is 1.69. The van der Waals surface area contributed by atoms with Gasteiger partial charge < -0.3 is 5.11 Å². The molecule has 1 amide bonds. The van der Waals surface area contributed by atoms with Crippen molar-refractivity contribution >= 4 is 57.0 Å². The van der Waals surface area contributed by atoms with Crippen molar-refractivity contribution in [3.8, 4) is 0 Å². The van der Waals surface area contributed by atoms with Crippen LogP contribution in [0.25, 0.3) is 0 Å². The lowest BCUT2D eigenvalue weighted by Gasteiger charge is -2.24. The molecule has 0 saturated carbocycles. The van der Waals surface area contributed by atoms with Crippen LogP contribution in [0.4, 0.5) is 5.13 Å². The Balaban J connectivity index is 1.89. The largest absolute Gasteiger partial charge is 0.503 e. The van der Waals surface area contributed by atoms with Crippen LogP contribution in [0.3, 0.4) is 0 Å². The maximum absolute atomic E-state index is 13.6. The number of thiazole rings is 2. The third kappa shape index (κ3) is 4.03. The van der Waals surface area contributed by atoms with Gasteiger partial charge in [-0.25, -0.2) is 9.97 Å². The number of benzene rings is 1. The molecule has 4 rings (SSSR count). The highest BCUT2D eigenvalue weighted by Gasteiger charge is 2.46. The summed E-state index contributed by atoms with van der Waals surface area (Å²) in [6.07, 6.45) is 1.96. The second-order valence-electron chi connectivity index (χ2n) is 7.56. The SMILES string of the molecule is CSc1ccc(C2C(C(=O)c3sc(C)nc3C)=C(O)C(=O)N2c2nc(C)c(C(C)=O)s2)cc1. The third-order valence-corrected chi connectivity index (χ3v) is 8.38. The fraction of sp³-hybridized carbons (Fsp3) is 0.261. The standard InChI is InChI=1S/C23H21N3O4S3/c1-10-20(12(3)27)33-23(25-10)26-17(14-6-8-15(31-5)9-7-14)16(19(29)22(26)30)18(28)21-11(2)24-13(4)32-21/h6-9,17,29H,1-5H3. The van der Waals surface area contributed by atoms with E-state index in [0.29, 0.717) is 26.7 Å². The monoisotopic (exact) mass is 499 g/mol. The summed E-state index contributed by atoms with van der Waals surface area (Å²) in [5.74, 6) is -1.93. The summed E-state index contributed by atoms with van der Waals surface area (Å²) < 4.78 is 0. The van der Waals surface area contributed by atoms with E-state index in [2.05, 4.69) is 9.97 Å². The van der Waals surface area contributed by atoms with E-state index < -0.39 is 23.5 Å². The van der Waals surface area contributed by atoms with Crippen LogP contribution in [-0.4, -0.2) is 38.8 Å². The normalized spacial score (nSPS) is 16.1. The number of Topliss-reactive ketones (excluding diaryl/α,β-unsaturated/α-hetero) is 2. The second-order valence-corrected chi connectivity index (χ2v) is 10.6. The summed E-state index contributed by atoms with van der Waals surface area (Å²) in [6.45, 7) is 6.67. The third-order valence-electron chi connectivity index (χ3n) is 5.31. The molecule has 1 aliphatic heterocycles. The van der Waals surface area contributed by atoms with Gasteiger partial charge in [0.15, 0.2) is 16.7 Å². The van der Waals surface area contributed by atoms with Crippen LogP contribution in [0.2, 0.25) is 0 Å². The summed E-state index contributed by atoms with van der Waals surface area (Å²) >= 11 is 3.87. The second kappa shape index (κ2) is 8.85. The zero-order valence-electron chi connectivity index (χ0n) is 18.6. The Bertz CT molecular complexity index is 1320. The maximum atomic E-state index is 13.6. The molecule has 3 aromatic rings. The first-order valence-corrected chi connectivity index (χ1v) is 12.9. The molecular formula is C23H21N3O4S3. The Morgan fingerprint density at radius 3 is 2.18 bits per heavy atom. The van der Waals surface area contributed by atoms with E-state index >= 15 is 0 Å². The van der Waals surface area contributed by atoms with Crippen molar-refractivity contribution in [3.63, 3.8) is 0 Å². The molecule has 170 valence electrons. The predicted molar refractivity (Wildman–Crippen MR) is 131 cm³/mol. The molecule has 1 aliphatic rings. The molecule has 10 heteroatoms. The van der Waals surface area contributed by atoms with E-state index in [-0.39, 0.29) is 16.5 Å². The number of ketones is 2. The molecule has 0 bridgehead atoms. The predicted octanol–water partition coefficient (Wildman–Crippen LogP) is 5.23. The van der Waals surface area contributed by atoms with Gasteiger partial charge in [-0.2, -0.15) is 0 Å². The van der Waals surface area contributed by atoms with Gasteiger partial charge >= 0.3 is 0 Å². The molecule has 1 atom stereocenters. The lowest BCUT2D eigenvalue weighted by molar-refractivity contribution is -0.117. The van der Waals surface area contributed by atoms with Crippen molar-refractivity contribution in [3.05, 3.63) is 67.3 Å². The van der Waals surface area contributed by atoms with Crippen molar-refractivity contribution in [2.24, 2.45) is 0 Å². The summed E-state index contributed by atoms with van der Waals surface area (Å²) in [4.78, 5) is 50.8. The number of hydrogen-bond donors (Lipinski definition) is 1. The smallest absolute Gasteiger partial charge is 0.296 e. The molecule has 1 unspecified atom stereocenters. The summed E-state index contributed by atoms with van der Waals surface area (Å²) in [6, 6.07) is 6.58. The highest BCUT2D eigenvalue weighted by atomic mass is 32.2. The van der Waals surface area contributed by atoms with Gasteiger partial charge in [-0.05, 0) is 44.7 Å². The number of aryl methyl sites for hydroxylation is 3. The van der Waals surface area contributed by atoms with Gasteiger partial charge in [0.05, 0.1) is 37.8 Å². The summed E-state index contributed by atoms with van der Waals surface area (Å²) in [7, 11) is 0. The molecular weight excluding hydrogens is 478 g/mol. The molecule has 0 fully saturated rings. The minimum absolute atomic E-state index is 0.0131. The fourth-order valence-electron chi connectivity index (χ4n) is 3.81. The first-order valence-electron chi connectivity index (χ1n) is 10.0. The molecule has 0 saturated heterocycles. The molecule has 7 nitrogen and oxygen atoms in total. The lowest BCUT2D eigenvalue weighted by atomic mass is 9.95. The van der Waals surface area contributed by atoms with Crippen LogP contribution in [0.5, 0.6) is 0 Å².